The first kappa shape index (κ1) is 17.2. The lowest BCUT2D eigenvalue weighted by molar-refractivity contribution is 0.312. The van der Waals surface area contributed by atoms with Gasteiger partial charge in [-0.25, -0.2) is 12.8 Å². The van der Waals surface area contributed by atoms with Gasteiger partial charge in [0.25, 0.3) is 0 Å². The van der Waals surface area contributed by atoms with Crippen LogP contribution in [0.2, 0.25) is 0 Å². The molecule has 1 fully saturated rings. The Morgan fingerprint density at radius 2 is 2.17 bits per heavy atom. The summed E-state index contributed by atoms with van der Waals surface area (Å²) >= 11 is 1.48. The SMILES string of the molecule is COc1ccc(F)cc1S(=O)(=O)N1CCC[C@H](c2nnc(C)s2)C1. The zero-order chi connectivity index (χ0) is 17.3. The minimum absolute atomic E-state index is 0.0132. The van der Waals surface area contributed by atoms with Crippen LogP contribution in [0.5, 0.6) is 5.75 Å². The number of ether oxygens (including phenoxy) is 1. The van der Waals surface area contributed by atoms with Crippen molar-refractivity contribution in [3.8, 4) is 5.75 Å². The van der Waals surface area contributed by atoms with E-state index in [9.17, 15) is 12.8 Å². The second kappa shape index (κ2) is 6.73. The van der Waals surface area contributed by atoms with E-state index in [-0.39, 0.29) is 16.6 Å². The van der Waals surface area contributed by atoms with Gasteiger partial charge in [0, 0.05) is 19.0 Å². The van der Waals surface area contributed by atoms with Gasteiger partial charge in [-0.15, -0.1) is 21.5 Å². The van der Waals surface area contributed by atoms with Crippen LogP contribution in [0.1, 0.15) is 28.8 Å². The van der Waals surface area contributed by atoms with Gasteiger partial charge in [-0.2, -0.15) is 4.31 Å². The molecule has 1 aliphatic heterocycles. The fourth-order valence-corrected chi connectivity index (χ4v) is 5.35. The lowest BCUT2D eigenvalue weighted by Gasteiger charge is -2.31. The van der Waals surface area contributed by atoms with Crippen molar-refractivity contribution in [1.29, 1.82) is 0 Å². The smallest absolute Gasteiger partial charge is 0.246 e. The molecule has 0 bridgehead atoms. The molecule has 0 N–H and O–H groups in total. The van der Waals surface area contributed by atoms with Crippen molar-refractivity contribution in [3.63, 3.8) is 0 Å². The maximum Gasteiger partial charge on any atom is 0.246 e. The average molecular weight is 371 g/mol. The van der Waals surface area contributed by atoms with E-state index >= 15 is 0 Å². The molecule has 2 heterocycles. The highest BCUT2D eigenvalue weighted by Crippen LogP contribution is 2.34. The van der Waals surface area contributed by atoms with Crippen LogP contribution in [-0.2, 0) is 10.0 Å². The summed E-state index contributed by atoms with van der Waals surface area (Å²) in [5.41, 5.74) is 0. The normalized spacial score (nSPS) is 19.4. The van der Waals surface area contributed by atoms with Crippen LogP contribution in [-0.4, -0.2) is 43.1 Å². The standard InChI is InChI=1S/C15H18FN3O3S2/c1-10-17-18-15(23-10)11-4-3-7-19(9-11)24(20,21)14-8-12(16)5-6-13(14)22-2/h5-6,8,11H,3-4,7,9H2,1-2H3/t11-/m0/s1. The third-order valence-electron chi connectivity index (χ3n) is 4.02. The molecule has 1 saturated heterocycles. The van der Waals surface area contributed by atoms with Gasteiger partial charge < -0.3 is 4.74 Å². The van der Waals surface area contributed by atoms with Gasteiger partial charge in [0.1, 0.15) is 26.5 Å². The molecule has 130 valence electrons. The summed E-state index contributed by atoms with van der Waals surface area (Å²) in [6.45, 7) is 2.59. The van der Waals surface area contributed by atoms with Gasteiger partial charge in [-0.1, -0.05) is 0 Å². The molecule has 0 spiro atoms. The minimum atomic E-state index is -3.84. The largest absolute Gasteiger partial charge is 0.495 e. The number of rotatable bonds is 4. The molecular weight excluding hydrogens is 353 g/mol. The Morgan fingerprint density at radius 3 is 2.83 bits per heavy atom. The summed E-state index contributed by atoms with van der Waals surface area (Å²) in [6.07, 6.45) is 1.58. The fraction of sp³-hybridized carbons (Fsp3) is 0.467. The van der Waals surface area contributed by atoms with E-state index in [4.69, 9.17) is 4.74 Å². The van der Waals surface area contributed by atoms with Crippen LogP contribution in [0.15, 0.2) is 23.1 Å². The third-order valence-corrected chi connectivity index (χ3v) is 6.91. The van der Waals surface area contributed by atoms with Gasteiger partial charge in [0.05, 0.1) is 7.11 Å². The summed E-state index contributed by atoms with van der Waals surface area (Å²) in [4.78, 5) is -0.140. The zero-order valence-corrected chi connectivity index (χ0v) is 15.0. The highest BCUT2D eigenvalue weighted by Gasteiger charge is 2.34. The van der Waals surface area contributed by atoms with Crippen LogP contribution in [0, 0.1) is 12.7 Å². The Hall–Kier alpha value is -1.58. The number of hydrogen-bond donors (Lipinski definition) is 0. The second-order valence-corrected chi connectivity index (χ2v) is 8.78. The summed E-state index contributed by atoms with van der Waals surface area (Å²) in [6, 6.07) is 3.52. The van der Waals surface area contributed by atoms with Crippen LogP contribution in [0.3, 0.4) is 0 Å². The topological polar surface area (TPSA) is 72.4 Å². The minimum Gasteiger partial charge on any atom is -0.495 e. The van der Waals surface area contributed by atoms with Crippen LogP contribution in [0.4, 0.5) is 4.39 Å². The summed E-state index contributed by atoms with van der Waals surface area (Å²) < 4.78 is 45.9. The highest BCUT2D eigenvalue weighted by atomic mass is 32.2. The Balaban J connectivity index is 1.91. The molecule has 3 rings (SSSR count). The average Bonchev–Trinajstić information content (AvgIpc) is 3.01. The van der Waals surface area contributed by atoms with Crippen molar-refractivity contribution >= 4 is 21.4 Å². The predicted octanol–water partition coefficient (Wildman–Crippen LogP) is 2.56. The maximum atomic E-state index is 13.6. The first-order valence-corrected chi connectivity index (χ1v) is 9.81. The first-order chi connectivity index (χ1) is 11.4. The van der Waals surface area contributed by atoms with Gasteiger partial charge in [-0.3, -0.25) is 0 Å². The number of piperidine rings is 1. The quantitative estimate of drug-likeness (QED) is 0.826. The lowest BCUT2D eigenvalue weighted by atomic mass is 10.0. The number of halogens is 1. The maximum absolute atomic E-state index is 13.6. The number of methoxy groups -OCH3 is 1. The van der Waals surface area contributed by atoms with Crippen molar-refractivity contribution in [1.82, 2.24) is 14.5 Å². The number of nitrogens with zero attached hydrogens (tertiary/aromatic N) is 3. The van der Waals surface area contributed by atoms with E-state index in [1.165, 1.54) is 34.9 Å². The number of hydrogen-bond acceptors (Lipinski definition) is 6. The Kier molecular flexibility index (Phi) is 4.84. The number of aryl methyl sites for hydroxylation is 1. The summed E-state index contributed by atoms with van der Waals surface area (Å²) in [5, 5.41) is 9.85. The van der Waals surface area contributed by atoms with E-state index < -0.39 is 15.8 Å². The molecule has 24 heavy (non-hydrogen) atoms. The van der Waals surface area contributed by atoms with Crippen molar-refractivity contribution in [2.75, 3.05) is 20.2 Å². The second-order valence-electron chi connectivity index (χ2n) is 5.66. The van der Waals surface area contributed by atoms with Crippen LogP contribution < -0.4 is 4.74 Å². The van der Waals surface area contributed by atoms with E-state index in [2.05, 4.69) is 10.2 Å². The molecule has 0 unspecified atom stereocenters. The molecule has 0 aliphatic carbocycles. The fourth-order valence-electron chi connectivity index (χ4n) is 2.83. The summed E-state index contributed by atoms with van der Waals surface area (Å²) in [5.74, 6) is -0.452. The van der Waals surface area contributed by atoms with Crippen molar-refractivity contribution in [2.45, 2.75) is 30.6 Å². The zero-order valence-electron chi connectivity index (χ0n) is 13.4. The Labute approximate surface area is 144 Å². The van der Waals surface area contributed by atoms with E-state index in [1.54, 1.807) is 0 Å². The van der Waals surface area contributed by atoms with Gasteiger partial charge in [0.2, 0.25) is 10.0 Å². The molecule has 2 aromatic rings. The molecule has 0 amide bonds. The van der Waals surface area contributed by atoms with Gasteiger partial charge in [-0.05, 0) is 38.0 Å². The summed E-state index contributed by atoms with van der Waals surface area (Å²) in [7, 11) is -2.47. The van der Waals surface area contributed by atoms with Crippen LogP contribution in [0.25, 0.3) is 0 Å². The number of aromatic nitrogens is 2. The third kappa shape index (κ3) is 3.28. The Bertz CT molecular complexity index is 838. The predicted molar refractivity (Wildman–Crippen MR) is 88.3 cm³/mol. The molecule has 0 saturated carbocycles. The van der Waals surface area contributed by atoms with E-state index in [1.807, 2.05) is 6.92 Å². The monoisotopic (exact) mass is 371 g/mol. The van der Waals surface area contributed by atoms with E-state index in [0.29, 0.717) is 13.1 Å². The molecular formula is C15H18FN3O3S2. The van der Waals surface area contributed by atoms with Crippen molar-refractivity contribution < 1.29 is 17.5 Å². The lowest BCUT2D eigenvalue weighted by Crippen LogP contribution is -2.39. The molecule has 1 atom stereocenters. The van der Waals surface area contributed by atoms with Crippen molar-refractivity contribution in [2.24, 2.45) is 0 Å². The van der Waals surface area contributed by atoms with Crippen molar-refractivity contribution in [3.05, 3.63) is 34.0 Å². The first-order valence-electron chi connectivity index (χ1n) is 7.55. The Morgan fingerprint density at radius 1 is 1.38 bits per heavy atom. The van der Waals surface area contributed by atoms with E-state index in [0.717, 1.165) is 28.9 Å². The van der Waals surface area contributed by atoms with Crippen LogP contribution >= 0.6 is 11.3 Å². The molecule has 9 heteroatoms. The molecule has 1 aliphatic rings. The highest BCUT2D eigenvalue weighted by molar-refractivity contribution is 7.89. The molecule has 6 nitrogen and oxygen atoms in total. The number of benzene rings is 1. The molecule has 0 radical (unpaired) electrons. The molecule has 1 aromatic carbocycles. The number of sulfonamides is 1. The van der Waals surface area contributed by atoms with Gasteiger partial charge in [0.15, 0.2) is 0 Å². The molecule has 1 aromatic heterocycles. The van der Waals surface area contributed by atoms with Gasteiger partial charge >= 0.3 is 0 Å².